The molecule has 0 fully saturated rings. The number of para-hydroxylation sites is 1. The summed E-state index contributed by atoms with van der Waals surface area (Å²) in [6.45, 7) is 0.238. The van der Waals surface area contributed by atoms with Gasteiger partial charge in [-0.2, -0.15) is 0 Å². The quantitative estimate of drug-likeness (QED) is 0.296. The van der Waals surface area contributed by atoms with E-state index in [4.69, 9.17) is 9.15 Å². The summed E-state index contributed by atoms with van der Waals surface area (Å²) in [5, 5.41) is -0.0333. The first-order chi connectivity index (χ1) is 19.9. The van der Waals surface area contributed by atoms with Crippen LogP contribution in [0.1, 0.15) is 32.8 Å². The van der Waals surface area contributed by atoms with Crippen molar-refractivity contribution in [1.29, 1.82) is 0 Å². The van der Waals surface area contributed by atoms with E-state index >= 15 is 0 Å². The van der Waals surface area contributed by atoms with Crippen LogP contribution in [0, 0.1) is 5.82 Å². The normalized spacial score (nSPS) is 17.4. The molecule has 4 aromatic carbocycles. The molecule has 8 heteroatoms. The number of halogens is 1. The van der Waals surface area contributed by atoms with Crippen LogP contribution in [0.2, 0.25) is 0 Å². The lowest BCUT2D eigenvalue weighted by molar-refractivity contribution is -0.126. The van der Waals surface area contributed by atoms with Crippen LogP contribution >= 0.6 is 0 Å². The lowest BCUT2D eigenvalue weighted by Gasteiger charge is -2.34. The Morgan fingerprint density at radius 3 is 2.29 bits per heavy atom. The molecule has 0 radical (unpaired) electrons. The van der Waals surface area contributed by atoms with Crippen LogP contribution in [0.25, 0.3) is 11.0 Å². The molecule has 5 aromatic rings. The molecule has 0 N–H and O–H groups in total. The molecule has 1 atom stereocenters. The second kappa shape index (κ2) is 9.16. The van der Waals surface area contributed by atoms with Crippen molar-refractivity contribution in [2.24, 2.45) is 0 Å². The zero-order valence-electron chi connectivity index (χ0n) is 22.0. The predicted octanol–water partition coefficient (Wildman–Crippen LogP) is 5.39. The maximum atomic E-state index is 14.8. The SMILES string of the molecule is COc1ccc(CN2C(=O)c3oc4ccc(F)cc4c(=O)c3C23C(=O)N(Cc2ccccc2)c2ccccc23)cc1. The summed E-state index contributed by atoms with van der Waals surface area (Å²) in [5.74, 6) is -1.24. The molecule has 0 bridgehead atoms. The van der Waals surface area contributed by atoms with Gasteiger partial charge in [0.15, 0.2) is 11.0 Å². The summed E-state index contributed by atoms with van der Waals surface area (Å²) in [7, 11) is 1.56. The zero-order chi connectivity index (χ0) is 28.3. The lowest BCUT2D eigenvalue weighted by Crippen LogP contribution is -2.52. The van der Waals surface area contributed by atoms with Gasteiger partial charge in [0.25, 0.3) is 11.8 Å². The molecule has 2 aliphatic rings. The molecule has 3 heterocycles. The number of rotatable bonds is 5. The number of nitrogens with zero attached hydrogens (tertiary/aromatic N) is 2. The molecule has 1 aromatic heterocycles. The fourth-order valence-corrected chi connectivity index (χ4v) is 6.02. The van der Waals surface area contributed by atoms with Gasteiger partial charge in [-0.05, 0) is 47.5 Å². The number of ether oxygens (including phenoxy) is 1. The number of hydrogen-bond donors (Lipinski definition) is 0. The van der Waals surface area contributed by atoms with E-state index in [2.05, 4.69) is 0 Å². The number of fused-ring (bicyclic) bond motifs is 5. The van der Waals surface area contributed by atoms with Crippen molar-refractivity contribution in [3.63, 3.8) is 0 Å². The lowest BCUT2D eigenvalue weighted by atomic mass is 9.83. The van der Waals surface area contributed by atoms with Crippen LogP contribution in [-0.4, -0.2) is 23.8 Å². The van der Waals surface area contributed by atoms with Crippen LogP contribution in [0.3, 0.4) is 0 Å². The van der Waals surface area contributed by atoms with Gasteiger partial charge in [0, 0.05) is 12.1 Å². The number of hydrogen-bond acceptors (Lipinski definition) is 5. The molecular formula is C33H23FN2O5. The summed E-state index contributed by atoms with van der Waals surface area (Å²) in [6, 6.07) is 27.3. The first kappa shape index (κ1) is 24.8. The average Bonchev–Trinajstić information content (AvgIpc) is 3.39. The van der Waals surface area contributed by atoms with E-state index in [-0.39, 0.29) is 35.4 Å². The molecule has 0 saturated heterocycles. The second-order valence-corrected chi connectivity index (χ2v) is 10.1. The van der Waals surface area contributed by atoms with Crippen LogP contribution in [0.15, 0.2) is 106 Å². The Hall–Kier alpha value is -5.24. The predicted molar refractivity (Wildman–Crippen MR) is 150 cm³/mol. The number of benzene rings is 4. The molecule has 202 valence electrons. The Morgan fingerprint density at radius 1 is 0.829 bits per heavy atom. The van der Waals surface area contributed by atoms with Gasteiger partial charge >= 0.3 is 0 Å². The summed E-state index contributed by atoms with van der Waals surface area (Å²) < 4.78 is 25.6. The van der Waals surface area contributed by atoms with Gasteiger partial charge in [-0.15, -0.1) is 0 Å². The average molecular weight is 547 g/mol. The number of amides is 2. The highest BCUT2D eigenvalue weighted by Crippen LogP contribution is 2.53. The smallest absolute Gasteiger partial charge is 0.291 e. The Bertz CT molecular complexity index is 1920. The Kier molecular flexibility index (Phi) is 5.54. The molecular weight excluding hydrogens is 523 g/mol. The van der Waals surface area contributed by atoms with Gasteiger partial charge in [-0.3, -0.25) is 14.4 Å². The number of anilines is 1. The monoisotopic (exact) mass is 546 g/mol. The molecule has 0 aliphatic carbocycles. The highest BCUT2D eigenvalue weighted by molar-refractivity contribution is 6.17. The number of methoxy groups -OCH3 is 1. The Balaban J connectivity index is 1.50. The van der Waals surface area contributed by atoms with E-state index in [9.17, 15) is 18.8 Å². The van der Waals surface area contributed by atoms with Crippen molar-refractivity contribution in [2.75, 3.05) is 12.0 Å². The van der Waals surface area contributed by atoms with Crippen molar-refractivity contribution < 1.29 is 23.1 Å². The highest BCUT2D eigenvalue weighted by Gasteiger charge is 2.65. The minimum absolute atomic E-state index is 0.0103. The third-order valence-corrected chi connectivity index (χ3v) is 7.88. The summed E-state index contributed by atoms with van der Waals surface area (Å²) in [4.78, 5) is 46.2. The molecule has 2 amide bonds. The molecule has 41 heavy (non-hydrogen) atoms. The van der Waals surface area contributed by atoms with Gasteiger partial charge in [-0.1, -0.05) is 60.7 Å². The standard InChI is InChI=1S/C33H23FN2O5/c1-40-23-14-11-21(12-15-23)19-36-31(38)30-28(29(37)24-17-22(34)13-16-27(24)41-30)33(36)25-9-5-6-10-26(25)35(32(33)39)18-20-7-3-2-4-8-20/h2-17H,18-19H2,1H3. The van der Waals surface area contributed by atoms with E-state index in [1.54, 1.807) is 54.5 Å². The number of carbonyl (C=O) groups is 2. The minimum Gasteiger partial charge on any atom is -0.497 e. The Morgan fingerprint density at radius 2 is 1.54 bits per heavy atom. The van der Waals surface area contributed by atoms with Crippen LogP contribution in [0.5, 0.6) is 5.75 Å². The summed E-state index contributed by atoms with van der Waals surface area (Å²) in [5.41, 5.74) is 0.236. The van der Waals surface area contributed by atoms with Crippen molar-refractivity contribution in [2.45, 2.75) is 18.6 Å². The van der Waals surface area contributed by atoms with Crippen molar-refractivity contribution in [1.82, 2.24) is 4.90 Å². The largest absolute Gasteiger partial charge is 0.497 e. The third kappa shape index (κ3) is 3.53. The maximum Gasteiger partial charge on any atom is 0.291 e. The zero-order valence-corrected chi connectivity index (χ0v) is 22.0. The van der Waals surface area contributed by atoms with Crippen molar-refractivity contribution in [3.8, 4) is 5.75 Å². The van der Waals surface area contributed by atoms with Gasteiger partial charge in [-0.25, -0.2) is 4.39 Å². The van der Waals surface area contributed by atoms with E-state index in [0.29, 0.717) is 17.0 Å². The van der Waals surface area contributed by atoms with Gasteiger partial charge in [0.05, 0.1) is 30.3 Å². The van der Waals surface area contributed by atoms with Crippen LogP contribution in [-0.2, 0) is 23.4 Å². The van der Waals surface area contributed by atoms with Gasteiger partial charge in [0.1, 0.15) is 17.1 Å². The van der Waals surface area contributed by atoms with Gasteiger partial charge in [0.2, 0.25) is 5.76 Å². The fraction of sp³-hybridized carbons (Fsp3) is 0.121. The highest BCUT2D eigenvalue weighted by atomic mass is 19.1. The van der Waals surface area contributed by atoms with Crippen LogP contribution in [0.4, 0.5) is 10.1 Å². The fourth-order valence-electron chi connectivity index (χ4n) is 6.02. The molecule has 7 rings (SSSR count). The topological polar surface area (TPSA) is 80.1 Å². The molecule has 1 spiro atoms. The number of carbonyl (C=O) groups excluding carboxylic acids is 2. The summed E-state index contributed by atoms with van der Waals surface area (Å²) in [6.07, 6.45) is 0. The second-order valence-electron chi connectivity index (χ2n) is 10.1. The Labute approximate surface area is 234 Å². The van der Waals surface area contributed by atoms with E-state index in [1.165, 1.54) is 17.0 Å². The van der Waals surface area contributed by atoms with E-state index in [1.807, 2.05) is 36.4 Å². The van der Waals surface area contributed by atoms with E-state index in [0.717, 1.165) is 17.2 Å². The first-order valence-electron chi connectivity index (χ1n) is 13.1. The molecule has 0 saturated carbocycles. The maximum absolute atomic E-state index is 14.8. The molecule has 7 nitrogen and oxygen atoms in total. The van der Waals surface area contributed by atoms with Crippen molar-refractivity contribution in [3.05, 3.63) is 141 Å². The van der Waals surface area contributed by atoms with Gasteiger partial charge < -0.3 is 19.0 Å². The molecule has 2 aliphatic heterocycles. The minimum atomic E-state index is -1.81. The van der Waals surface area contributed by atoms with E-state index < -0.39 is 28.6 Å². The molecule has 1 unspecified atom stereocenters. The third-order valence-electron chi connectivity index (χ3n) is 7.88. The first-order valence-corrected chi connectivity index (χ1v) is 13.1. The summed E-state index contributed by atoms with van der Waals surface area (Å²) >= 11 is 0. The van der Waals surface area contributed by atoms with Crippen LogP contribution < -0.4 is 15.1 Å². The van der Waals surface area contributed by atoms with Crippen molar-refractivity contribution >= 4 is 28.5 Å².